The monoisotopic (exact) mass is 296 g/mol. The third-order valence-corrected chi connectivity index (χ3v) is 3.57. The van der Waals surface area contributed by atoms with Crippen molar-refractivity contribution in [3.8, 4) is 0 Å². The van der Waals surface area contributed by atoms with Gasteiger partial charge in [0.05, 0.1) is 18.5 Å². The van der Waals surface area contributed by atoms with Crippen molar-refractivity contribution in [2.45, 2.75) is 38.0 Å². The molecule has 2 rings (SSSR count). The van der Waals surface area contributed by atoms with Crippen LogP contribution in [0.4, 0.5) is 0 Å². The minimum atomic E-state index is -0.863. The molecule has 2 heterocycles. The highest BCUT2D eigenvalue weighted by atomic mass is 32.2. The van der Waals surface area contributed by atoms with Gasteiger partial charge in [-0.15, -0.1) is 15.3 Å². The Bertz CT molecular complexity index is 553. The highest BCUT2D eigenvalue weighted by Crippen LogP contribution is 2.17. The van der Waals surface area contributed by atoms with E-state index in [1.807, 2.05) is 4.57 Å². The molecule has 1 N–H and O–H groups in total. The van der Waals surface area contributed by atoms with Crippen molar-refractivity contribution < 1.29 is 9.90 Å². The Morgan fingerprint density at radius 3 is 2.90 bits per heavy atom. The number of thioether (sulfide) groups is 1. The van der Waals surface area contributed by atoms with E-state index < -0.39 is 5.97 Å². The van der Waals surface area contributed by atoms with Crippen molar-refractivity contribution in [2.24, 2.45) is 0 Å². The van der Waals surface area contributed by atoms with E-state index in [0.717, 1.165) is 18.7 Å². The Hall–Kier alpha value is -1.90. The van der Waals surface area contributed by atoms with Crippen LogP contribution in [0.5, 0.6) is 0 Å². The Morgan fingerprint density at radius 1 is 1.40 bits per heavy atom. The number of aliphatic carboxylic acids is 1. The van der Waals surface area contributed by atoms with Crippen LogP contribution in [0.3, 0.4) is 0 Å². The molecule has 2 aromatic rings. The van der Waals surface area contributed by atoms with Crippen molar-refractivity contribution in [3.05, 3.63) is 18.2 Å². The number of rotatable bonds is 8. The van der Waals surface area contributed by atoms with E-state index in [1.54, 1.807) is 17.1 Å². The minimum Gasteiger partial charge on any atom is -0.481 e. The van der Waals surface area contributed by atoms with Gasteiger partial charge >= 0.3 is 5.97 Å². The first-order valence-corrected chi connectivity index (χ1v) is 7.30. The number of aryl methyl sites for hydroxylation is 2. The molecule has 0 atom stereocenters. The fraction of sp³-hybridized carbons (Fsp3) is 0.545. The predicted molar refractivity (Wildman–Crippen MR) is 72.4 cm³/mol. The molecule has 0 aromatic carbocycles. The van der Waals surface area contributed by atoms with Crippen LogP contribution >= 0.6 is 11.8 Å². The van der Waals surface area contributed by atoms with Crippen molar-refractivity contribution >= 4 is 17.7 Å². The van der Waals surface area contributed by atoms with E-state index in [9.17, 15) is 4.79 Å². The van der Waals surface area contributed by atoms with E-state index in [2.05, 4.69) is 27.4 Å². The van der Waals surface area contributed by atoms with Crippen LogP contribution in [0.1, 0.15) is 19.2 Å². The second-order valence-electron chi connectivity index (χ2n) is 4.15. The zero-order chi connectivity index (χ0) is 14.4. The molecule has 8 nitrogen and oxygen atoms in total. The second-order valence-corrected chi connectivity index (χ2v) is 5.09. The number of aromatic nitrogens is 6. The summed E-state index contributed by atoms with van der Waals surface area (Å²) in [4.78, 5) is 10.7. The maximum atomic E-state index is 10.7. The average molecular weight is 296 g/mol. The fourth-order valence-corrected chi connectivity index (χ4v) is 2.44. The Labute approximate surface area is 120 Å². The second kappa shape index (κ2) is 7.04. The van der Waals surface area contributed by atoms with E-state index in [1.165, 1.54) is 11.8 Å². The Kier molecular flexibility index (Phi) is 5.10. The van der Waals surface area contributed by atoms with Crippen LogP contribution in [0.15, 0.2) is 17.6 Å². The van der Waals surface area contributed by atoms with E-state index in [-0.39, 0.29) is 5.75 Å². The maximum absolute atomic E-state index is 10.7. The molecular weight excluding hydrogens is 280 g/mol. The predicted octanol–water partition coefficient (Wildman–Crippen LogP) is 0.699. The van der Waals surface area contributed by atoms with Crippen molar-refractivity contribution in [1.82, 2.24) is 29.8 Å². The molecule has 9 heteroatoms. The van der Waals surface area contributed by atoms with Gasteiger partial charge in [0.25, 0.3) is 0 Å². The first kappa shape index (κ1) is 14.5. The molecule has 0 fully saturated rings. The van der Waals surface area contributed by atoms with Gasteiger partial charge < -0.3 is 9.67 Å². The molecule has 0 amide bonds. The molecule has 0 bridgehead atoms. The molecule has 0 saturated heterocycles. The summed E-state index contributed by atoms with van der Waals surface area (Å²) >= 11 is 1.18. The molecule has 0 radical (unpaired) electrons. The van der Waals surface area contributed by atoms with Gasteiger partial charge in [0.2, 0.25) is 0 Å². The van der Waals surface area contributed by atoms with Gasteiger partial charge in [-0.05, 0) is 6.42 Å². The number of carbonyl (C=O) groups is 1. The number of carboxylic acids is 1. The van der Waals surface area contributed by atoms with Gasteiger partial charge in [0, 0.05) is 19.2 Å². The summed E-state index contributed by atoms with van der Waals surface area (Å²) in [5, 5.41) is 25.3. The van der Waals surface area contributed by atoms with Crippen molar-refractivity contribution in [1.29, 1.82) is 0 Å². The number of carboxylic acid groups (broad SMARTS) is 1. The van der Waals surface area contributed by atoms with Crippen LogP contribution in [0.25, 0.3) is 0 Å². The normalized spacial score (nSPS) is 10.8. The molecular formula is C11H16N6O2S. The lowest BCUT2D eigenvalue weighted by atomic mass is 10.3. The lowest BCUT2D eigenvalue weighted by Gasteiger charge is -2.09. The summed E-state index contributed by atoms with van der Waals surface area (Å²) in [5.74, 6) is -0.00787. The molecule has 0 spiro atoms. The summed E-state index contributed by atoms with van der Waals surface area (Å²) in [7, 11) is 0. The number of hydrogen-bond acceptors (Lipinski definition) is 6. The third kappa shape index (κ3) is 3.80. The standard InChI is InChI=1S/C11H16N6O2S/c1-2-3-9-13-14-11(20-8-10(18)19)17(9)7-6-16-5-4-12-15-16/h4-5H,2-3,6-8H2,1H3,(H,18,19). The zero-order valence-electron chi connectivity index (χ0n) is 11.1. The summed E-state index contributed by atoms with van der Waals surface area (Å²) in [6.45, 7) is 3.36. The van der Waals surface area contributed by atoms with Gasteiger partial charge in [-0.3, -0.25) is 9.48 Å². The molecule has 20 heavy (non-hydrogen) atoms. The van der Waals surface area contributed by atoms with Gasteiger partial charge in [-0.1, -0.05) is 23.9 Å². The van der Waals surface area contributed by atoms with Gasteiger partial charge in [-0.25, -0.2) is 0 Å². The first-order chi connectivity index (χ1) is 9.70. The lowest BCUT2D eigenvalue weighted by molar-refractivity contribution is -0.133. The number of nitrogens with zero attached hydrogens (tertiary/aromatic N) is 6. The highest BCUT2D eigenvalue weighted by molar-refractivity contribution is 7.99. The molecule has 0 aliphatic heterocycles. The molecule has 0 aliphatic rings. The minimum absolute atomic E-state index is 0.0203. The van der Waals surface area contributed by atoms with Gasteiger partial charge in [-0.2, -0.15) is 0 Å². The summed E-state index contributed by atoms with van der Waals surface area (Å²) in [6.07, 6.45) is 5.19. The fourth-order valence-electron chi connectivity index (χ4n) is 1.74. The van der Waals surface area contributed by atoms with Crippen LogP contribution in [0, 0.1) is 0 Å². The molecule has 0 unspecified atom stereocenters. The lowest BCUT2D eigenvalue weighted by Crippen LogP contribution is -2.12. The van der Waals surface area contributed by atoms with Crippen LogP contribution in [-0.2, 0) is 24.3 Å². The van der Waals surface area contributed by atoms with Crippen LogP contribution in [-0.4, -0.2) is 46.6 Å². The van der Waals surface area contributed by atoms with E-state index >= 15 is 0 Å². The van der Waals surface area contributed by atoms with Gasteiger partial charge in [0.1, 0.15) is 5.82 Å². The van der Waals surface area contributed by atoms with Gasteiger partial charge in [0.15, 0.2) is 5.16 Å². The summed E-state index contributed by atoms with van der Waals surface area (Å²) in [6, 6.07) is 0. The third-order valence-electron chi connectivity index (χ3n) is 2.62. The maximum Gasteiger partial charge on any atom is 0.313 e. The Morgan fingerprint density at radius 2 is 2.25 bits per heavy atom. The summed E-state index contributed by atoms with van der Waals surface area (Å²) < 4.78 is 3.68. The zero-order valence-corrected chi connectivity index (χ0v) is 12.0. The SMILES string of the molecule is CCCc1nnc(SCC(=O)O)n1CCn1ccnn1. The Balaban J connectivity index is 2.09. The molecule has 0 aliphatic carbocycles. The quantitative estimate of drug-likeness (QED) is 0.716. The van der Waals surface area contributed by atoms with E-state index in [0.29, 0.717) is 18.2 Å². The van der Waals surface area contributed by atoms with Crippen molar-refractivity contribution in [3.63, 3.8) is 0 Å². The van der Waals surface area contributed by atoms with E-state index in [4.69, 9.17) is 5.11 Å². The van der Waals surface area contributed by atoms with Crippen LogP contribution in [0.2, 0.25) is 0 Å². The smallest absolute Gasteiger partial charge is 0.313 e. The molecule has 0 saturated carbocycles. The first-order valence-electron chi connectivity index (χ1n) is 6.31. The summed E-state index contributed by atoms with van der Waals surface area (Å²) in [5.41, 5.74) is 0. The number of hydrogen-bond donors (Lipinski definition) is 1. The average Bonchev–Trinajstić information content (AvgIpc) is 3.04. The largest absolute Gasteiger partial charge is 0.481 e. The van der Waals surface area contributed by atoms with Crippen LogP contribution < -0.4 is 0 Å². The highest BCUT2D eigenvalue weighted by Gasteiger charge is 2.13. The van der Waals surface area contributed by atoms with Crippen molar-refractivity contribution in [2.75, 3.05) is 5.75 Å². The molecule has 108 valence electrons. The molecule has 2 aromatic heterocycles. The topological polar surface area (TPSA) is 98.7 Å².